The molecule has 31 heavy (non-hydrogen) atoms. The van der Waals surface area contributed by atoms with Crippen molar-refractivity contribution in [2.24, 2.45) is 0 Å². The summed E-state index contributed by atoms with van der Waals surface area (Å²) >= 11 is 0. The predicted octanol–water partition coefficient (Wildman–Crippen LogP) is 4.91. The van der Waals surface area contributed by atoms with Crippen LogP contribution >= 0.6 is 0 Å². The van der Waals surface area contributed by atoms with Gasteiger partial charge in [-0.2, -0.15) is 13.2 Å². The first kappa shape index (κ1) is 20.7. The van der Waals surface area contributed by atoms with E-state index in [1.165, 1.54) is 28.8 Å². The maximum absolute atomic E-state index is 14.1. The van der Waals surface area contributed by atoms with Gasteiger partial charge in [-0.1, -0.05) is 91.0 Å². The number of halogens is 3. The minimum absolute atomic E-state index is 0.212. The number of rotatable bonds is 5. The van der Waals surface area contributed by atoms with E-state index < -0.39 is 18.3 Å². The molecule has 0 aliphatic carbocycles. The predicted molar refractivity (Wildman–Crippen MR) is 111 cm³/mol. The zero-order valence-corrected chi connectivity index (χ0v) is 16.3. The highest BCUT2D eigenvalue weighted by atomic mass is 19.4. The highest BCUT2D eigenvalue weighted by Crippen LogP contribution is 2.42. The first-order valence-corrected chi connectivity index (χ1v) is 9.59. The summed E-state index contributed by atoms with van der Waals surface area (Å²) < 4.78 is 44.0. The summed E-state index contributed by atoms with van der Waals surface area (Å²) in [5, 5.41) is 23.7. The Balaban J connectivity index is 1.93. The number of nitrogens with zero attached hydrogens (tertiary/aromatic N) is 2. The van der Waals surface area contributed by atoms with Crippen LogP contribution in [0, 0.1) is 5.21 Å². The van der Waals surface area contributed by atoms with Gasteiger partial charge in [0.15, 0.2) is 11.4 Å². The summed E-state index contributed by atoms with van der Waals surface area (Å²) in [6.45, 7) is -0.875. The highest BCUT2D eigenvalue weighted by molar-refractivity contribution is 5.76. The number of aromatic nitrogens is 2. The van der Waals surface area contributed by atoms with E-state index in [-0.39, 0.29) is 11.3 Å². The van der Waals surface area contributed by atoms with Crippen LogP contribution in [-0.2, 0) is 12.1 Å². The number of imidazole rings is 1. The third-order valence-electron chi connectivity index (χ3n) is 5.19. The van der Waals surface area contributed by atoms with E-state index in [2.05, 4.69) is 0 Å². The monoisotopic (exact) mass is 424 g/mol. The van der Waals surface area contributed by atoms with Crippen LogP contribution in [0.5, 0.6) is 0 Å². The van der Waals surface area contributed by atoms with Crippen LogP contribution in [-0.4, -0.2) is 15.8 Å². The fourth-order valence-corrected chi connectivity index (χ4v) is 3.67. The Morgan fingerprint density at radius 1 is 0.774 bits per heavy atom. The lowest BCUT2D eigenvalue weighted by molar-refractivity contribution is -0.593. The molecule has 0 aliphatic rings. The smallest absolute Gasteiger partial charge is 0.425 e. The van der Waals surface area contributed by atoms with Gasteiger partial charge in [0.25, 0.3) is 0 Å². The average Bonchev–Trinajstić information content (AvgIpc) is 3.10. The molecule has 7 heteroatoms. The summed E-state index contributed by atoms with van der Waals surface area (Å²) in [5.74, 6) is 0. The largest absolute Gasteiger partial charge is 0.710 e. The lowest BCUT2D eigenvalue weighted by Crippen LogP contribution is -2.46. The summed E-state index contributed by atoms with van der Waals surface area (Å²) in [6.07, 6.45) is -3.92. The quantitative estimate of drug-likeness (QED) is 0.366. The first-order chi connectivity index (χ1) is 14.8. The molecule has 1 aromatic heterocycles. The minimum atomic E-state index is -4.97. The maximum atomic E-state index is 14.1. The standard InChI is InChI=1S/C24H19F3N2O2/c25-24(26,27)23(30,20-14-8-3-9-15-20)16-28-17-29(31)22(19-12-6-2-7-13-19)21(28)18-10-4-1-5-11-18/h1-15,17,30H,16H2/t23-/m0/s1. The van der Waals surface area contributed by atoms with Gasteiger partial charge in [-0.15, -0.1) is 0 Å². The van der Waals surface area contributed by atoms with Crippen molar-refractivity contribution >= 4 is 0 Å². The van der Waals surface area contributed by atoms with Gasteiger partial charge >= 0.3 is 6.18 Å². The Morgan fingerprint density at radius 2 is 1.26 bits per heavy atom. The molecule has 4 aromatic rings. The molecule has 4 nitrogen and oxygen atoms in total. The third-order valence-corrected chi connectivity index (χ3v) is 5.19. The summed E-state index contributed by atoms with van der Waals surface area (Å²) in [5.41, 5.74) is -1.85. The molecule has 0 saturated heterocycles. The Labute approximate surface area is 177 Å². The van der Waals surface area contributed by atoms with Crippen LogP contribution in [0.15, 0.2) is 97.3 Å². The van der Waals surface area contributed by atoms with E-state index in [1.807, 2.05) is 0 Å². The molecule has 1 atom stereocenters. The molecule has 0 radical (unpaired) electrons. The Bertz CT molecular complexity index is 1160. The lowest BCUT2D eigenvalue weighted by atomic mass is 9.92. The molecule has 0 spiro atoms. The molecule has 0 unspecified atom stereocenters. The van der Waals surface area contributed by atoms with E-state index in [0.717, 1.165) is 6.33 Å². The Hall–Kier alpha value is -3.58. The van der Waals surface area contributed by atoms with Crippen molar-refractivity contribution in [3.8, 4) is 22.5 Å². The second kappa shape index (κ2) is 7.92. The minimum Gasteiger partial charge on any atom is -0.710 e. The van der Waals surface area contributed by atoms with Crippen molar-refractivity contribution in [2.75, 3.05) is 0 Å². The molecule has 1 heterocycles. The van der Waals surface area contributed by atoms with Crippen LogP contribution in [0.3, 0.4) is 0 Å². The summed E-state index contributed by atoms with van der Waals surface area (Å²) in [7, 11) is 0. The number of alkyl halides is 3. The fourth-order valence-electron chi connectivity index (χ4n) is 3.67. The van der Waals surface area contributed by atoms with Crippen molar-refractivity contribution in [1.29, 1.82) is 0 Å². The van der Waals surface area contributed by atoms with Gasteiger partial charge in [-0.05, 0) is 5.56 Å². The van der Waals surface area contributed by atoms with Crippen LogP contribution in [0.25, 0.3) is 22.5 Å². The summed E-state index contributed by atoms with van der Waals surface area (Å²) in [4.78, 5) is 0. The van der Waals surface area contributed by atoms with Crippen LogP contribution in [0.4, 0.5) is 13.2 Å². The number of hydrogen-bond acceptors (Lipinski definition) is 2. The van der Waals surface area contributed by atoms with Gasteiger partial charge in [0.2, 0.25) is 11.9 Å². The lowest BCUT2D eigenvalue weighted by Gasteiger charge is -2.29. The fraction of sp³-hybridized carbons (Fsp3) is 0.125. The highest BCUT2D eigenvalue weighted by Gasteiger charge is 2.57. The van der Waals surface area contributed by atoms with Crippen LogP contribution < -0.4 is 4.73 Å². The van der Waals surface area contributed by atoms with Gasteiger partial charge in [-0.3, -0.25) is 0 Å². The van der Waals surface area contributed by atoms with Crippen molar-refractivity contribution in [1.82, 2.24) is 4.57 Å². The topological polar surface area (TPSA) is 52.1 Å². The molecule has 0 bridgehead atoms. The van der Waals surface area contributed by atoms with E-state index >= 15 is 0 Å². The molecular formula is C24H19F3N2O2. The molecule has 0 saturated carbocycles. The maximum Gasteiger partial charge on any atom is 0.425 e. The molecule has 3 aromatic carbocycles. The van der Waals surface area contributed by atoms with E-state index in [4.69, 9.17) is 0 Å². The molecule has 158 valence electrons. The van der Waals surface area contributed by atoms with Gasteiger partial charge < -0.3 is 10.3 Å². The molecule has 0 aliphatic heterocycles. The number of aliphatic hydroxyl groups is 1. The molecular weight excluding hydrogens is 405 g/mol. The van der Waals surface area contributed by atoms with Gasteiger partial charge in [-0.25, -0.2) is 9.30 Å². The first-order valence-electron chi connectivity index (χ1n) is 9.59. The van der Waals surface area contributed by atoms with Crippen LogP contribution in [0.1, 0.15) is 5.56 Å². The average molecular weight is 424 g/mol. The Kier molecular flexibility index (Phi) is 5.29. The van der Waals surface area contributed by atoms with E-state index in [0.29, 0.717) is 21.6 Å². The zero-order chi connectivity index (χ0) is 22.1. The summed E-state index contributed by atoms with van der Waals surface area (Å²) in [6, 6.07) is 24.3. The molecule has 1 N–H and O–H groups in total. The van der Waals surface area contributed by atoms with E-state index in [1.54, 1.807) is 66.7 Å². The molecule has 4 rings (SSSR count). The van der Waals surface area contributed by atoms with E-state index in [9.17, 15) is 23.5 Å². The second-order valence-electron chi connectivity index (χ2n) is 7.22. The van der Waals surface area contributed by atoms with Crippen molar-refractivity contribution in [3.63, 3.8) is 0 Å². The Morgan fingerprint density at radius 3 is 1.77 bits per heavy atom. The SMILES string of the molecule is [O-][n+]1cn(C[C@](O)(c2ccccc2)C(F)(F)F)c(-c2ccccc2)c1-c1ccccc1. The number of benzene rings is 3. The second-order valence-corrected chi connectivity index (χ2v) is 7.22. The van der Waals surface area contributed by atoms with Crippen molar-refractivity contribution in [3.05, 3.63) is 108 Å². The van der Waals surface area contributed by atoms with Crippen LogP contribution in [0.2, 0.25) is 0 Å². The van der Waals surface area contributed by atoms with Gasteiger partial charge in [0.1, 0.15) is 6.54 Å². The molecule has 0 amide bonds. The molecule has 0 fully saturated rings. The van der Waals surface area contributed by atoms with Crippen molar-refractivity contribution in [2.45, 2.75) is 18.3 Å². The van der Waals surface area contributed by atoms with Crippen molar-refractivity contribution < 1.29 is 23.0 Å². The zero-order valence-electron chi connectivity index (χ0n) is 16.3. The van der Waals surface area contributed by atoms with Gasteiger partial charge in [0.05, 0.1) is 0 Å². The number of hydrogen-bond donors (Lipinski definition) is 1. The van der Waals surface area contributed by atoms with Gasteiger partial charge in [0, 0.05) is 11.1 Å². The normalized spacial score (nSPS) is 13.7. The third kappa shape index (κ3) is 3.80.